The molecule has 0 saturated heterocycles. The number of amides is 7. The average Bonchev–Trinajstić information content (AvgIpc) is 3.17. The number of hydrogen-bond donors (Lipinski definition) is 12. The molecule has 0 radical (unpaired) electrons. The van der Waals surface area contributed by atoms with Gasteiger partial charge in [0, 0.05) is 12.3 Å². The van der Waals surface area contributed by atoms with Gasteiger partial charge in [0.25, 0.3) is 0 Å². The fraction of sp³-hybridized carbons (Fsp3) is 0.694. The van der Waals surface area contributed by atoms with Gasteiger partial charge in [0.05, 0.1) is 51.2 Å². The number of ether oxygens (including phenoxy) is 1. The number of aliphatic imine (C=N–C) groups is 1. The largest absolute Gasteiger partial charge is 0.481 e. The Balaban J connectivity index is 5.67. The Morgan fingerprint density at radius 2 is 1.26 bits per heavy atom. The second-order valence-electron chi connectivity index (χ2n) is 14.4. The molecule has 25 heteroatoms. The van der Waals surface area contributed by atoms with Gasteiger partial charge in [-0.15, -0.1) is 0 Å². The van der Waals surface area contributed by atoms with Gasteiger partial charge in [-0.1, -0.05) is 39.5 Å². The maximum atomic E-state index is 13.2. The van der Waals surface area contributed by atoms with Crippen LogP contribution in [-0.4, -0.2) is 149 Å². The van der Waals surface area contributed by atoms with Crippen LogP contribution in [0.4, 0.5) is 0 Å². The molecule has 0 saturated carbocycles. The molecule has 7 amide bonds. The normalized spacial score (nSPS) is 13.8. The number of nitrogens with one attached hydrogen (secondary N) is 7. The van der Waals surface area contributed by atoms with E-state index in [0.717, 1.165) is 11.8 Å². The molecule has 0 aliphatic carbocycles. The summed E-state index contributed by atoms with van der Waals surface area (Å²) in [5.41, 5.74) is 16.4. The van der Waals surface area contributed by atoms with Gasteiger partial charge >= 0.3 is 11.9 Å². The fourth-order valence-corrected chi connectivity index (χ4v) is 5.71. The van der Waals surface area contributed by atoms with E-state index in [9.17, 15) is 58.2 Å². The Labute approximate surface area is 358 Å². The van der Waals surface area contributed by atoms with Crippen LogP contribution in [0.5, 0.6) is 0 Å². The number of aliphatic hydroxyl groups excluding tert-OH is 1. The number of nitrogens with zero attached hydrogens (tertiary/aromatic N) is 1. The van der Waals surface area contributed by atoms with Crippen molar-refractivity contribution >= 4 is 76.1 Å². The van der Waals surface area contributed by atoms with Gasteiger partial charge in [0.15, 0.2) is 5.96 Å². The third-order valence-corrected chi connectivity index (χ3v) is 9.26. The first kappa shape index (κ1) is 55.4. The molecule has 6 atom stereocenters. The Hall–Kier alpha value is -5.56. The van der Waals surface area contributed by atoms with Crippen molar-refractivity contribution in [3.8, 4) is 0 Å². The summed E-state index contributed by atoms with van der Waals surface area (Å²) in [6, 6.07) is -8.01. The molecule has 24 nitrogen and oxygen atoms in total. The lowest BCUT2D eigenvalue weighted by molar-refractivity contribution is -0.143. The van der Waals surface area contributed by atoms with Crippen molar-refractivity contribution < 1.29 is 62.9 Å². The summed E-state index contributed by atoms with van der Waals surface area (Å²) in [5, 5.41) is 35.2. The number of carbonyl (C=O) groups is 10. The minimum atomic E-state index is -1.83. The lowest BCUT2D eigenvalue weighted by Gasteiger charge is -2.25. The monoisotopic (exact) mass is 889 g/mol. The summed E-state index contributed by atoms with van der Waals surface area (Å²) in [6.07, 6.45) is -0.798. The van der Waals surface area contributed by atoms with Gasteiger partial charge in [0.2, 0.25) is 46.5 Å². The number of hydrogen-bond acceptors (Lipinski definition) is 15. The second-order valence-corrected chi connectivity index (χ2v) is 15.5. The van der Waals surface area contributed by atoms with Crippen molar-refractivity contribution in [2.75, 3.05) is 38.6 Å². The summed E-state index contributed by atoms with van der Waals surface area (Å²) in [4.78, 5) is 130. The number of carboxylic acids is 1. The highest BCUT2D eigenvalue weighted by atomic mass is 32.2. The summed E-state index contributed by atoms with van der Waals surface area (Å²) < 4.78 is 4.82. The number of guanidine groups is 1. The molecule has 0 rings (SSSR count). The summed E-state index contributed by atoms with van der Waals surface area (Å²) in [5.74, 6) is -8.85. The molecular formula is C36H63N11O13S. The van der Waals surface area contributed by atoms with Crippen LogP contribution in [0.1, 0.15) is 73.6 Å². The van der Waals surface area contributed by atoms with Crippen molar-refractivity contribution in [3.05, 3.63) is 0 Å². The molecule has 0 aliphatic heterocycles. The average molecular weight is 890 g/mol. The number of aliphatic hydroxyl groups is 1. The van der Waals surface area contributed by atoms with Gasteiger partial charge in [-0.2, -0.15) is 0 Å². The molecular weight excluding hydrogens is 827 g/mol. The Morgan fingerprint density at radius 1 is 0.721 bits per heavy atom. The zero-order valence-electron chi connectivity index (χ0n) is 35.4. The smallest absolute Gasteiger partial charge is 0.306 e. The quantitative estimate of drug-likeness (QED) is 0.0146. The highest BCUT2D eigenvalue weighted by molar-refractivity contribution is 8.13. The number of esters is 1. The lowest BCUT2D eigenvalue weighted by atomic mass is 10.0. The zero-order valence-corrected chi connectivity index (χ0v) is 36.2. The Kier molecular flexibility index (Phi) is 26.9. The van der Waals surface area contributed by atoms with E-state index in [4.69, 9.17) is 21.9 Å². The second kappa shape index (κ2) is 29.6. The Morgan fingerprint density at radius 3 is 1.79 bits per heavy atom. The van der Waals surface area contributed by atoms with Gasteiger partial charge in [0.1, 0.15) is 24.2 Å². The molecule has 0 aromatic carbocycles. The van der Waals surface area contributed by atoms with Crippen molar-refractivity contribution in [1.29, 1.82) is 0 Å². The van der Waals surface area contributed by atoms with Crippen LogP contribution >= 0.6 is 11.8 Å². The van der Waals surface area contributed by atoms with Crippen LogP contribution in [0.3, 0.4) is 0 Å². The minimum absolute atomic E-state index is 0.0246. The maximum Gasteiger partial charge on any atom is 0.306 e. The summed E-state index contributed by atoms with van der Waals surface area (Å²) >= 11 is 0.806. The number of nitrogens with two attached hydrogens (primary N) is 3. The van der Waals surface area contributed by atoms with Crippen LogP contribution in [0.2, 0.25) is 0 Å². The first-order valence-electron chi connectivity index (χ1n) is 19.5. The molecule has 346 valence electrons. The lowest BCUT2D eigenvalue weighted by Crippen LogP contribution is -2.59. The topological polar surface area (TPSA) is 395 Å². The first-order chi connectivity index (χ1) is 28.5. The summed E-state index contributed by atoms with van der Waals surface area (Å²) in [6.45, 7) is 7.87. The molecule has 0 spiro atoms. The molecule has 0 aromatic heterocycles. The van der Waals surface area contributed by atoms with Crippen LogP contribution in [0.25, 0.3) is 0 Å². The van der Waals surface area contributed by atoms with Gasteiger partial charge in [-0.25, -0.2) is 0 Å². The van der Waals surface area contributed by atoms with Gasteiger partial charge in [-0.05, 0) is 44.9 Å². The predicted octanol–water partition coefficient (Wildman–Crippen LogP) is -4.57. The van der Waals surface area contributed by atoms with Crippen LogP contribution < -0.4 is 54.4 Å². The minimum Gasteiger partial charge on any atom is -0.481 e. The molecule has 0 aromatic rings. The number of rotatable bonds is 29. The van der Waals surface area contributed by atoms with Crippen LogP contribution in [0.15, 0.2) is 4.99 Å². The van der Waals surface area contributed by atoms with E-state index in [2.05, 4.69) is 42.2 Å². The number of aliphatic carboxylic acids is 1. The van der Waals surface area contributed by atoms with E-state index >= 15 is 0 Å². The van der Waals surface area contributed by atoms with Gasteiger partial charge in [-0.3, -0.25) is 52.9 Å². The fourth-order valence-electron chi connectivity index (χ4n) is 4.93. The number of carbonyl (C=O) groups excluding carboxylic acids is 9. The van der Waals surface area contributed by atoms with E-state index < -0.39 is 121 Å². The van der Waals surface area contributed by atoms with Crippen molar-refractivity contribution in [1.82, 2.24) is 37.2 Å². The highest BCUT2D eigenvalue weighted by Gasteiger charge is 2.32. The molecule has 0 bridgehead atoms. The van der Waals surface area contributed by atoms with Crippen molar-refractivity contribution in [2.24, 2.45) is 34.0 Å². The summed E-state index contributed by atoms with van der Waals surface area (Å²) in [7, 11) is 0. The van der Waals surface area contributed by atoms with E-state index in [-0.39, 0.29) is 62.4 Å². The van der Waals surface area contributed by atoms with Crippen molar-refractivity contribution in [3.63, 3.8) is 0 Å². The van der Waals surface area contributed by atoms with E-state index in [1.165, 1.54) is 6.92 Å². The molecule has 0 heterocycles. The first-order valence-corrected chi connectivity index (χ1v) is 20.5. The van der Waals surface area contributed by atoms with E-state index in [1.54, 1.807) is 34.6 Å². The Bertz CT molecular complexity index is 1560. The molecule has 0 fully saturated rings. The molecule has 0 unspecified atom stereocenters. The van der Waals surface area contributed by atoms with Gasteiger partial charge < -0.3 is 69.4 Å². The van der Waals surface area contributed by atoms with Crippen LogP contribution in [-0.2, 0) is 52.7 Å². The maximum absolute atomic E-state index is 13.2. The SMILES string of the molecule is CCOC(=O)CCSC(=O)[C@H](C)NC(=O)[C@H](CC(C)C)NC(=O)[C@H](CO)NC(=O)[C@H](CC(=O)O)NC(=O)CNC(=O)[C@H](CCCN=C(N)N)NC(=O)CNC(=O)[C@@H](N)C(C)C. The number of thioether (sulfide) groups is 1. The predicted molar refractivity (Wildman–Crippen MR) is 222 cm³/mol. The third-order valence-electron chi connectivity index (χ3n) is 8.22. The highest BCUT2D eigenvalue weighted by Crippen LogP contribution is 2.11. The number of carboxylic acid groups (broad SMARTS) is 1. The molecule has 0 aliphatic rings. The van der Waals surface area contributed by atoms with E-state index in [1.807, 2.05) is 0 Å². The van der Waals surface area contributed by atoms with E-state index in [0.29, 0.717) is 0 Å². The molecule has 61 heavy (non-hydrogen) atoms. The standard InChI is InChI=1S/C36H63N11O13S/c1-7-60-28(53)10-12-61-35(59)20(6)43-31(55)22(13-18(2)3)46-33(57)24(17-48)47-32(56)23(14-27(51)52)45-26(50)15-41-30(54)21(9-8-11-40-36(38)39)44-25(49)16-42-34(58)29(37)19(4)5/h18-24,29,48H,7-17,37H2,1-6H3,(H,41,54)(H,42,58)(H,43,55)(H,44,49)(H,45,50)(H,46,57)(H,47,56)(H,51,52)(H4,38,39,40)/t20-,21-,22-,23-,24-,29-/m0/s1. The third kappa shape index (κ3) is 24.3. The van der Waals surface area contributed by atoms with Crippen LogP contribution in [0, 0.1) is 11.8 Å². The van der Waals surface area contributed by atoms with Crippen molar-refractivity contribution in [2.45, 2.75) is 110 Å². The zero-order chi connectivity index (χ0) is 46.8. The molecule has 15 N–H and O–H groups in total.